The Kier molecular flexibility index (Phi) is 15.9. The van der Waals surface area contributed by atoms with Crippen molar-refractivity contribution in [3.8, 4) is 0 Å². The largest absolute Gasteiger partial charge is 0.271 e. The smallest absolute Gasteiger partial charge is 0.257 e. The summed E-state index contributed by atoms with van der Waals surface area (Å²) in [5.74, 6) is 0. The first-order valence-corrected chi connectivity index (χ1v) is 11.7. The Morgan fingerprint density at radius 2 is 1.30 bits per heavy atom. The molecule has 0 aliphatic heterocycles. The van der Waals surface area contributed by atoms with Gasteiger partial charge in [-0.25, -0.2) is 0 Å². The average molecular weight is 375 g/mol. The predicted octanol–water partition coefficient (Wildman–Crippen LogP) is 7.31. The van der Waals surface area contributed by atoms with E-state index in [9.17, 15) is 0 Å². The summed E-state index contributed by atoms with van der Waals surface area (Å²) in [6, 6.07) is 6.15. The fourth-order valence-electron chi connectivity index (χ4n) is 3.49. The second-order valence-corrected chi connectivity index (χ2v) is 7.66. The van der Waals surface area contributed by atoms with Gasteiger partial charge in [0.25, 0.3) is 5.69 Å². The van der Waals surface area contributed by atoms with E-state index in [0.29, 0.717) is 6.61 Å². The van der Waals surface area contributed by atoms with Crippen LogP contribution < -0.4 is 9.57 Å². The van der Waals surface area contributed by atoms with Gasteiger partial charge in [0.2, 0.25) is 6.20 Å². The fourth-order valence-corrected chi connectivity index (χ4v) is 3.49. The molecule has 154 valence electrons. The van der Waals surface area contributed by atoms with Gasteiger partial charge in [-0.05, 0) is 25.8 Å². The highest BCUT2D eigenvalue weighted by molar-refractivity contribution is 5.40. The number of aromatic nitrogens is 1. The van der Waals surface area contributed by atoms with Crippen LogP contribution in [0, 0.1) is 0 Å². The van der Waals surface area contributed by atoms with Gasteiger partial charge >= 0.3 is 0 Å². The Hall–Kier alpha value is -1.31. The van der Waals surface area contributed by atoms with E-state index in [1.54, 1.807) is 0 Å². The van der Waals surface area contributed by atoms with E-state index in [1.807, 2.05) is 23.9 Å². The normalized spacial score (nSPS) is 11.3. The Balaban J connectivity index is 1.89. The maximum Gasteiger partial charge on any atom is 0.257 e. The van der Waals surface area contributed by atoms with E-state index in [2.05, 4.69) is 31.2 Å². The van der Waals surface area contributed by atoms with Crippen LogP contribution in [-0.2, 0) is 0 Å². The van der Waals surface area contributed by atoms with Crippen molar-refractivity contribution in [2.24, 2.45) is 0 Å². The average Bonchev–Trinajstić information content (AvgIpc) is 2.69. The van der Waals surface area contributed by atoms with Gasteiger partial charge in [-0.1, -0.05) is 96.5 Å². The van der Waals surface area contributed by atoms with Gasteiger partial charge < -0.3 is 0 Å². The minimum atomic E-state index is 0.689. The molecule has 0 amide bonds. The highest BCUT2D eigenvalue weighted by Gasteiger charge is 2.06. The van der Waals surface area contributed by atoms with E-state index in [-0.39, 0.29) is 0 Å². The van der Waals surface area contributed by atoms with Gasteiger partial charge in [-0.2, -0.15) is 0 Å². The summed E-state index contributed by atoms with van der Waals surface area (Å²) in [4.78, 5) is 5.58. The highest BCUT2D eigenvalue weighted by atomic mass is 16.7. The first-order chi connectivity index (χ1) is 13.4. The predicted molar refractivity (Wildman–Crippen MR) is 118 cm³/mol. The zero-order valence-electron chi connectivity index (χ0n) is 18.1. The minimum absolute atomic E-state index is 0.689. The van der Waals surface area contributed by atoms with Crippen molar-refractivity contribution in [1.29, 1.82) is 0 Å². The van der Waals surface area contributed by atoms with Gasteiger partial charge in [0.15, 0.2) is 6.61 Å². The number of rotatable bonds is 18. The molecule has 0 aliphatic carbocycles. The third-order valence-electron chi connectivity index (χ3n) is 5.14. The van der Waals surface area contributed by atoms with Crippen molar-refractivity contribution in [2.75, 3.05) is 6.61 Å². The Bertz CT molecular complexity index is 469. The zero-order chi connectivity index (χ0) is 19.4. The van der Waals surface area contributed by atoms with Gasteiger partial charge in [0, 0.05) is 22.9 Å². The molecule has 0 N–H and O–H groups in total. The summed E-state index contributed by atoms with van der Waals surface area (Å²) < 4.78 is 1.85. The lowest BCUT2D eigenvalue weighted by atomic mass is 10.0. The van der Waals surface area contributed by atoms with Crippen LogP contribution in [0.3, 0.4) is 0 Å². The molecule has 2 heteroatoms. The van der Waals surface area contributed by atoms with Crippen molar-refractivity contribution in [3.05, 3.63) is 36.2 Å². The van der Waals surface area contributed by atoms with Crippen LogP contribution >= 0.6 is 0 Å². The summed E-state index contributed by atoms with van der Waals surface area (Å²) in [5, 5.41) is 0. The van der Waals surface area contributed by atoms with E-state index in [1.165, 1.54) is 96.3 Å². The summed E-state index contributed by atoms with van der Waals surface area (Å²) in [7, 11) is 0. The van der Waals surface area contributed by atoms with E-state index in [0.717, 1.165) is 5.69 Å². The maximum absolute atomic E-state index is 5.58. The Labute approximate surface area is 169 Å². The molecule has 0 fully saturated rings. The molecule has 0 aromatic carbocycles. The molecule has 0 atom stereocenters. The lowest BCUT2D eigenvalue weighted by molar-refractivity contribution is -0.892. The molecule has 1 rings (SSSR count). The SMILES string of the molecule is CCCCCCCCCCCCCCCCC=Cc1cccc[n+]1OCC. The molecular weight excluding hydrogens is 330 g/mol. The van der Waals surface area contributed by atoms with Gasteiger partial charge in [-0.3, -0.25) is 4.84 Å². The van der Waals surface area contributed by atoms with Gasteiger partial charge in [0.05, 0.1) is 0 Å². The van der Waals surface area contributed by atoms with Crippen LogP contribution in [0.2, 0.25) is 0 Å². The van der Waals surface area contributed by atoms with Crippen molar-refractivity contribution < 1.29 is 9.57 Å². The second kappa shape index (κ2) is 18.1. The van der Waals surface area contributed by atoms with Crippen LogP contribution in [0.15, 0.2) is 30.5 Å². The molecule has 27 heavy (non-hydrogen) atoms. The van der Waals surface area contributed by atoms with Gasteiger partial charge in [0.1, 0.15) is 0 Å². The number of hydrogen-bond acceptors (Lipinski definition) is 1. The number of pyridine rings is 1. The van der Waals surface area contributed by atoms with Crippen molar-refractivity contribution >= 4 is 6.08 Å². The third-order valence-corrected chi connectivity index (χ3v) is 5.14. The van der Waals surface area contributed by atoms with Crippen LogP contribution in [0.4, 0.5) is 0 Å². The quantitative estimate of drug-likeness (QED) is 0.194. The summed E-state index contributed by atoms with van der Waals surface area (Å²) in [6.07, 6.45) is 27.5. The number of allylic oxidation sites excluding steroid dienone is 1. The van der Waals surface area contributed by atoms with Crippen molar-refractivity contribution in [1.82, 2.24) is 0 Å². The van der Waals surface area contributed by atoms with Crippen LogP contribution in [0.1, 0.15) is 116 Å². The van der Waals surface area contributed by atoms with Crippen molar-refractivity contribution in [3.63, 3.8) is 0 Å². The standard InChI is InChI=1S/C25H44NO/c1-3-5-6-7-8-9-10-11-12-13-14-15-16-17-18-19-22-25-23-20-21-24-26(25)27-4-2/h19-24H,3-18H2,1-2H3/q+1. The maximum atomic E-state index is 5.58. The van der Waals surface area contributed by atoms with Crippen LogP contribution in [0.25, 0.3) is 6.08 Å². The topological polar surface area (TPSA) is 13.1 Å². The van der Waals surface area contributed by atoms with Crippen LogP contribution in [-0.4, -0.2) is 6.61 Å². The Morgan fingerprint density at radius 3 is 1.85 bits per heavy atom. The molecular formula is C25H44NO+. The summed E-state index contributed by atoms with van der Waals surface area (Å²) in [5.41, 5.74) is 1.12. The first-order valence-electron chi connectivity index (χ1n) is 11.7. The molecule has 1 heterocycles. The molecule has 0 aliphatic rings. The molecule has 2 nitrogen and oxygen atoms in total. The van der Waals surface area contributed by atoms with E-state index in [4.69, 9.17) is 4.84 Å². The van der Waals surface area contributed by atoms with Crippen LogP contribution in [0.5, 0.6) is 0 Å². The Morgan fingerprint density at radius 1 is 0.741 bits per heavy atom. The molecule has 1 aromatic rings. The summed E-state index contributed by atoms with van der Waals surface area (Å²) >= 11 is 0. The molecule has 0 unspecified atom stereocenters. The lowest BCUT2D eigenvalue weighted by Gasteiger charge is -2.02. The number of hydrogen-bond donors (Lipinski definition) is 0. The van der Waals surface area contributed by atoms with Crippen molar-refractivity contribution in [2.45, 2.75) is 110 Å². The molecule has 0 bridgehead atoms. The third kappa shape index (κ3) is 13.5. The minimum Gasteiger partial charge on any atom is -0.271 e. The first kappa shape index (κ1) is 23.7. The van der Waals surface area contributed by atoms with E-state index >= 15 is 0 Å². The summed E-state index contributed by atoms with van der Waals surface area (Å²) in [6.45, 7) is 5.00. The second-order valence-electron chi connectivity index (χ2n) is 7.66. The molecule has 0 saturated heterocycles. The number of unbranched alkanes of at least 4 members (excludes halogenated alkanes) is 14. The lowest BCUT2D eigenvalue weighted by Crippen LogP contribution is -2.44. The fraction of sp³-hybridized carbons (Fsp3) is 0.720. The molecule has 0 saturated carbocycles. The zero-order valence-corrected chi connectivity index (χ0v) is 18.1. The van der Waals surface area contributed by atoms with E-state index < -0.39 is 0 Å². The highest BCUT2D eigenvalue weighted by Crippen LogP contribution is 2.13. The molecule has 1 aromatic heterocycles. The van der Waals surface area contributed by atoms with Gasteiger partial charge in [-0.15, -0.1) is 0 Å². The molecule has 0 radical (unpaired) electrons. The number of nitrogens with zero attached hydrogens (tertiary/aromatic N) is 1. The monoisotopic (exact) mass is 374 g/mol. The molecule has 0 spiro atoms.